The Bertz CT molecular complexity index is 347. The first-order valence-electron chi connectivity index (χ1n) is 6.61. The molecular weight excluding hydrogens is 228 g/mol. The van der Waals surface area contributed by atoms with Crippen LogP contribution in [0.5, 0.6) is 0 Å². The Balaban J connectivity index is 1.89. The Morgan fingerprint density at radius 3 is 2.61 bits per heavy atom. The largest absolute Gasteiger partial charge is 0.395 e. The molecule has 100 valence electrons. The highest BCUT2D eigenvalue weighted by Crippen LogP contribution is 2.15. The first-order chi connectivity index (χ1) is 8.83. The quantitative estimate of drug-likeness (QED) is 0.802. The molecule has 0 aliphatic carbocycles. The van der Waals surface area contributed by atoms with Crippen molar-refractivity contribution in [2.24, 2.45) is 0 Å². The van der Waals surface area contributed by atoms with Crippen LogP contribution in [0, 0.1) is 0 Å². The molecule has 0 spiro atoms. The van der Waals surface area contributed by atoms with Gasteiger partial charge in [0.1, 0.15) is 5.82 Å². The summed E-state index contributed by atoms with van der Waals surface area (Å²) in [6, 6.07) is 4.14. The average molecular weight is 250 g/mol. The van der Waals surface area contributed by atoms with Gasteiger partial charge in [0.25, 0.3) is 0 Å². The van der Waals surface area contributed by atoms with Crippen molar-refractivity contribution in [2.45, 2.75) is 6.92 Å². The summed E-state index contributed by atoms with van der Waals surface area (Å²) in [5, 5.41) is 12.2. The minimum absolute atomic E-state index is 0.246. The third-order valence-electron chi connectivity index (χ3n) is 3.24. The van der Waals surface area contributed by atoms with E-state index >= 15 is 0 Å². The number of aliphatic hydroxyl groups is 1. The van der Waals surface area contributed by atoms with Gasteiger partial charge in [-0.25, -0.2) is 4.98 Å². The SMILES string of the molecule is CCNc1ccc(N2CCN(CCO)CC2)nc1. The van der Waals surface area contributed by atoms with Crippen LogP contribution in [0.25, 0.3) is 0 Å². The smallest absolute Gasteiger partial charge is 0.128 e. The number of β-amino-alcohol motifs (C(OH)–C–C–N with tert-alkyl or cyclic N) is 1. The summed E-state index contributed by atoms with van der Waals surface area (Å²) < 4.78 is 0. The van der Waals surface area contributed by atoms with Gasteiger partial charge >= 0.3 is 0 Å². The molecule has 1 aliphatic rings. The maximum atomic E-state index is 8.91. The van der Waals surface area contributed by atoms with Crippen molar-refractivity contribution in [3.63, 3.8) is 0 Å². The molecular formula is C13H22N4O. The second-order valence-corrected chi connectivity index (χ2v) is 4.49. The van der Waals surface area contributed by atoms with Crippen LogP contribution in [0.15, 0.2) is 18.3 Å². The van der Waals surface area contributed by atoms with Crippen LogP contribution < -0.4 is 10.2 Å². The minimum atomic E-state index is 0.246. The van der Waals surface area contributed by atoms with Gasteiger partial charge in [-0.3, -0.25) is 4.90 Å². The van der Waals surface area contributed by atoms with Gasteiger partial charge in [-0.15, -0.1) is 0 Å². The summed E-state index contributed by atoms with van der Waals surface area (Å²) in [7, 11) is 0. The predicted octanol–water partition coefficient (Wildman–Crippen LogP) is 0.628. The Labute approximate surface area is 108 Å². The summed E-state index contributed by atoms with van der Waals surface area (Å²) in [6.45, 7) is 7.97. The van der Waals surface area contributed by atoms with E-state index in [0.717, 1.165) is 50.8 Å². The Morgan fingerprint density at radius 2 is 2.06 bits per heavy atom. The monoisotopic (exact) mass is 250 g/mol. The number of pyridine rings is 1. The summed E-state index contributed by atoms with van der Waals surface area (Å²) >= 11 is 0. The number of piperazine rings is 1. The molecule has 0 bridgehead atoms. The number of aromatic nitrogens is 1. The number of hydrogen-bond acceptors (Lipinski definition) is 5. The van der Waals surface area contributed by atoms with E-state index < -0.39 is 0 Å². The molecule has 18 heavy (non-hydrogen) atoms. The van der Waals surface area contributed by atoms with Gasteiger partial charge in [-0.2, -0.15) is 0 Å². The number of hydrogen-bond donors (Lipinski definition) is 2. The van der Waals surface area contributed by atoms with Crippen molar-refractivity contribution in [1.29, 1.82) is 0 Å². The third kappa shape index (κ3) is 3.34. The minimum Gasteiger partial charge on any atom is -0.395 e. The summed E-state index contributed by atoms with van der Waals surface area (Å²) in [4.78, 5) is 9.06. The van der Waals surface area contributed by atoms with Gasteiger partial charge in [-0.1, -0.05) is 0 Å². The number of aliphatic hydroxyl groups excluding tert-OH is 1. The van der Waals surface area contributed by atoms with E-state index in [9.17, 15) is 0 Å². The van der Waals surface area contributed by atoms with E-state index in [1.54, 1.807) is 0 Å². The van der Waals surface area contributed by atoms with Crippen molar-refractivity contribution in [3.8, 4) is 0 Å². The Kier molecular flexibility index (Phi) is 4.78. The fourth-order valence-electron chi connectivity index (χ4n) is 2.22. The molecule has 5 nitrogen and oxygen atoms in total. The van der Waals surface area contributed by atoms with Gasteiger partial charge in [0.2, 0.25) is 0 Å². The first-order valence-corrected chi connectivity index (χ1v) is 6.61. The van der Waals surface area contributed by atoms with Crippen LogP contribution >= 0.6 is 0 Å². The zero-order valence-corrected chi connectivity index (χ0v) is 11.0. The molecule has 1 fully saturated rings. The van der Waals surface area contributed by atoms with Gasteiger partial charge in [0.15, 0.2) is 0 Å². The molecule has 2 rings (SSSR count). The van der Waals surface area contributed by atoms with Gasteiger partial charge in [-0.05, 0) is 19.1 Å². The third-order valence-corrected chi connectivity index (χ3v) is 3.24. The molecule has 5 heteroatoms. The molecule has 0 radical (unpaired) electrons. The molecule has 0 amide bonds. The van der Waals surface area contributed by atoms with Crippen LogP contribution in [0.4, 0.5) is 11.5 Å². The highest BCUT2D eigenvalue weighted by atomic mass is 16.3. The number of nitrogens with zero attached hydrogens (tertiary/aromatic N) is 3. The molecule has 2 heterocycles. The lowest BCUT2D eigenvalue weighted by molar-refractivity contribution is 0.188. The van der Waals surface area contributed by atoms with Crippen LogP contribution in [0.2, 0.25) is 0 Å². The van der Waals surface area contributed by atoms with E-state index in [2.05, 4.69) is 39.2 Å². The fraction of sp³-hybridized carbons (Fsp3) is 0.615. The van der Waals surface area contributed by atoms with E-state index in [4.69, 9.17) is 5.11 Å². The van der Waals surface area contributed by atoms with Crippen LogP contribution in [0.3, 0.4) is 0 Å². The molecule has 2 N–H and O–H groups in total. The van der Waals surface area contributed by atoms with Gasteiger partial charge < -0.3 is 15.3 Å². The molecule has 1 saturated heterocycles. The topological polar surface area (TPSA) is 51.6 Å². The molecule has 0 unspecified atom stereocenters. The van der Waals surface area contributed by atoms with E-state index in [1.165, 1.54) is 0 Å². The summed E-state index contributed by atoms with van der Waals surface area (Å²) in [5.41, 5.74) is 1.07. The van der Waals surface area contributed by atoms with Crippen LogP contribution in [0.1, 0.15) is 6.92 Å². The standard InChI is InChI=1S/C13H22N4O/c1-2-14-12-3-4-13(15-11-12)17-7-5-16(6-8-17)9-10-18/h3-4,11,14,18H,2,5-10H2,1H3. The van der Waals surface area contributed by atoms with Gasteiger partial charge in [0, 0.05) is 39.3 Å². The van der Waals surface area contributed by atoms with Crippen molar-refractivity contribution in [3.05, 3.63) is 18.3 Å². The van der Waals surface area contributed by atoms with Crippen LogP contribution in [-0.4, -0.2) is 60.9 Å². The lowest BCUT2D eigenvalue weighted by Gasteiger charge is -2.35. The zero-order chi connectivity index (χ0) is 12.8. The van der Waals surface area contributed by atoms with E-state index in [-0.39, 0.29) is 6.61 Å². The Hall–Kier alpha value is -1.33. The van der Waals surface area contributed by atoms with Crippen LogP contribution in [-0.2, 0) is 0 Å². The fourth-order valence-corrected chi connectivity index (χ4v) is 2.22. The molecule has 1 aromatic rings. The highest BCUT2D eigenvalue weighted by Gasteiger charge is 2.17. The summed E-state index contributed by atoms with van der Waals surface area (Å²) in [5.74, 6) is 1.04. The average Bonchev–Trinajstić information content (AvgIpc) is 2.41. The van der Waals surface area contributed by atoms with Crippen molar-refractivity contribution >= 4 is 11.5 Å². The van der Waals surface area contributed by atoms with Crippen molar-refractivity contribution in [2.75, 3.05) is 56.1 Å². The maximum absolute atomic E-state index is 8.91. The lowest BCUT2D eigenvalue weighted by Crippen LogP contribution is -2.47. The van der Waals surface area contributed by atoms with E-state index in [1.807, 2.05) is 6.20 Å². The predicted molar refractivity (Wildman–Crippen MR) is 74.1 cm³/mol. The number of nitrogens with one attached hydrogen (secondary N) is 1. The highest BCUT2D eigenvalue weighted by molar-refractivity contribution is 5.48. The molecule has 1 aromatic heterocycles. The molecule has 0 atom stereocenters. The molecule has 1 aliphatic heterocycles. The van der Waals surface area contributed by atoms with Gasteiger partial charge in [0.05, 0.1) is 18.5 Å². The van der Waals surface area contributed by atoms with E-state index in [0.29, 0.717) is 0 Å². The zero-order valence-electron chi connectivity index (χ0n) is 11.0. The van der Waals surface area contributed by atoms with Crippen molar-refractivity contribution in [1.82, 2.24) is 9.88 Å². The molecule has 0 aromatic carbocycles. The Morgan fingerprint density at radius 1 is 1.28 bits per heavy atom. The lowest BCUT2D eigenvalue weighted by atomic mass is 10.3. The second kappa shape index (κ2) is 6.56. The number of rotatable bonds is 5. The first kappa shape index (κ1) is 13.1. The summed E-state index contributed by atoms with van der Waals surface area (Å²) in [6.07, 6.45) is 1.89. The molecule has 0 saturated carbocycles. The maximum Gasteiger partial charge on any atom is 0.128 e. The number of anilines is 2. The normalized spacial score (nSPS) is 16.9. The van der Waals surface area contributed by atoms with Crippen molar-refractivity contribution < 1.29 is 5.11 Å². The second-order valence-electron chi connectivity index (χ2n) is 4.49.